The van der Waals surface area contributed by atoms with Gasteiger partial charge in [0, 0.05) is 30.7 Å². The van der Waals surface area contributed by atoms with E-state index in [9.17, 15) is 19.5 Å². The summed E-state index contributed by atoms with van der Waals surface area (Å²) in [5, 5.41) is 11.6. The first-order valence-corrected chi connectivity index (χ1v) is 10.2. The largest absolute Gasteiger partial charge is 0.381 e. The van der Waals surface area contributed by atoms with Crippen LogP contribution in [0.15, 0.2) is 23.8 Å². The van der Waals surface area contributed by atoms with Gasteiger partial charge < -0.3 is 5.11 Å². The van der Waals surface area contributed by atoms with Crippen molar-refractivity contribution in [3.63, 3.8) is 0 Å². The third-order valence-corrected chi connectivity index (χ3v) is 8.05. The Morgan fingerprint density at radius 2 is 2.14 bits per heavy atom. The molecule has 3 saturated carbocycles. The van der Waals surface area contributed by atoms with E-state index < -0.39 is 11.0 Å². The van der Waals surface area contributed by atoms with Crippen LogP contribution in [0.3, 0.4) is 0 Å². The molecule has 0 bridgehead atoms. The quantitative estimate of drug-likeness (QED) is 0.715. The summed E-state index contributed by atoms with van der Waals surface area (Å²) in [5.74, 6) is -0.430. The Balaban J connectivity index is 1.69. The topological polar surface area (TPSA) is 92.7 Å². The van der Waals surface area contributed by atoms with E-state index in [1.807, 2.05) is 19.9 Å². The molecule has 0 amide bonds. The van der Waals surface area contributed by atoms with Gasteiger partial charge in [-0.3, -0.25) is 19.2 Å². The van der Waals surface area contributed by atoms with E-state index in [1.165, 1.54) is 0 Å². The minimum Gasteiger partial charge on any atom is -0.381 e. The number of rotatable bonds is 4. The van der Waals surface area contributed by atoms with Crippen molar-refractivity contribution < 1.29 is 24.3 Å². The molecule has 0 aliphatic heterocycles. The zero-order valence-corrected chi connectivity index (χ0v) is 16.7. The molecule has 0 spiro atoms. The standard InChI is InChI=1S/C22H29NO5/c1-12-8-17-16-6-4-13-9-14(24)5-7-15(13)20(16)18(25)10-21(17,2)22(12,27)19(26)11-28-23-3/h5,7,9,12,15-17,20,23,27H,4,6,8,10-11H2,1-3H3/t12-,15+,16+,17+,20-,21+,22+/m1/s1. The van der Waals surface area contributed by atoms with Gasteiger partial charge in [-0.1, -0.05) is 25.5 Å². The Labute approximate surface area is 165 Å². The maximum absolute atomic E-state index is 13.3. The van der Waals surface area contributed by atoms with Gasteiger partial charge in [-0.25, -0.2) is 5.48 Å². The van der Waals surface area contributed by atoms with Gasteiger partial charge in [0.2, 0.25) is 0 Å². The van der Waals surface area contributed by atoms with Crippen molar-refractivity contribution in [2.24, 2.45) is 35.0 Å². The van der Waals surface area contributed by atoms with Crippen LogP contribution in [0.4, 0.5) is 0 Å². The number of ketones is 3. The van der Waals surface area contributed by atoms with Crippen LogP contribution in [-0.4, -0.2) is 41.7 Å². The van der Waals surface area contributed by atoms with Crippen LogP contribution in [0.1, 0.15) is 39.5 Å². The lowest BCUT2D eigenvalue weighted by Crippen LogP contribution is -2.61. The number of nitrogens with one attached hydrogen (secondary N) is 1. The molecule has 0 aromatic rings. The molecule has 0 saturated heterocycles. The van der Waals surface area contributed by atoms with E-state index >= 15 is 0 Å². The maximum Gasteiger partial charge on any atom is 0.192 e. The van der Waals surface area contributed by atoms with Crippen molar-refractivity contribution >= 4 is 17.3 Å². The van der Waals surface area contributed by atoms with Crippen LogP contribution >= 0.6 is 0 Å². The van der Waals surface area contributed by atoms with E-state index in [2.05, 4.69) is 5.48 Å². The van der Waals surface area contributed by atoms with Gasteiger partial charge in [-0.05, 0) is 49.2 Å². The lowest BCUT2D eigenvalue weighted by atomic mass is 9.50. The molecule has 0 unspecified atom stereocenters. The SMILES string of the molecule is CNOCC(=O)[C@@]1(O)[C@H](C)C[C@H]2[C@@H]3CCC4=CC(=O)C=C[C@@H]4[C@H]3C(=O)C[C@@]21C. The predicted molar refractivity (Wildman–Crippen MR) is 102 cm³/mol. The molecule has 0 aromatic carbocycles. The number of hydroxylamine groups is 1. The second kappa shape index (κ2) is 6.71. The third-order valence-electron chi connectivity index (χ3n) is 8.05. The van der Waals surface area contributed by atoms with Crippen LogP contribution < -0.4 is 5.48 Å². The lowest BCUT2D eigenvalue weighted by Gasteiger charge is -2.53. The zero-order valence-electron chi connectivity index (χ0n) is 16.7. The van der Waals surface area contributed by atoms with Crippen molar-refractivity contribution in [3.8, 4) is 0 Å². The first kappa shape index (κ1) is 19.7. The molecule has 7 atom stereocenters. The van der Waals surface area contributed by atoms with Crippen molar-refractivity contribution in [1.82, 2.24) is 5.48 Å². The fourth-order valence-electron chi connectivity index (χ4n) is 6.80. The minimum atomic E-state index is -1.57. The summed E-state index contributed by atoms with van der Waals surface area (Å²) in [4.78, 5) is 43.1. The Hall–Kier alpha value is -1.63. The molecule has 4 aliphatic carbocycles. The summed E-state index contributed by atoms with van der Waals surface area (Å²) in [6, 6.07) is 0. The Bertz CT molecular complexity index is 786. The number of carbonyl (C=O) groups is 3. The van der Waals surface area contributed by atoms with Crippen LogP contribution in [0.2, 0.25) is 0 Å². The molecule has 3 fully saturated rings. The van der Waals surface area contributed by atoms with Gasteiger partial charge in [-0.15, -0.1) is 0 Å². The third kappa shape index (κ3) is 2.54. The minimum absolute atomic E-state index is 0.00297. The molecular formula is C22H29NO5. The number of carbonyl (C=O) groups excluding carboxylic acids is 3. The molecular weight excluding hydrogens is 358 g/mol. The monoisotopic (exact) mass is 387 g/mol. The van der Waals surface area contributed by atoms with Crippen molar-refractivity contribution in [3.05, 3.63) is 23.8 Å². The predicted octanol–water partition coefficient (Wildman–Crippen LogP) is 1.78. The summed E-state index contributed by atoms with van der Waals surface area (Å²) in [6.07, 6.45) is 7.69. The first-order chi connectivity index (χ1) is 13.2. The molecule has 6 heteroatoms. The second-order valence-electron chi connectivity index (χ2n) is 9.22. The van der Waals surface area contributed by atoms with Crippen LogP contribution in [-0.2, 0) is 19.2 Å². The van der Waals surface area contributed by atoms with Crippen molar-refractivity contribution in [2.75, 3.05) is 13.7 Å². The van der Waals surface area contributed by atoms with Crippen LogP contribution in [0.25, 0.3) is 0 Å². The summed E-state index contributed by atoms with van der Waals surface area (Å²) in [7, 11) is 1.57. The van der Waals surface area contributed by atoms with Gasteiger partial charge in [0.1, 0.15) is 18.0 Å². The van der Waals surface area contributed by atoms with Gasteiger partial charge in [0.25, 0.3) is 0 Å². The molecule has 2 N–H and O–H groups in total. The average Bonchev–Trinajstić information content (AvgIpc) is 2.86. The molecule has 4 aliphatic rings. The van der Waals surface area contributed by atoms with E-state index in [1.54, 1.807) is 19.2 Å². The fourth-order valence-corrected chi connectivity index (χ4v) is 6.80. The van der Waals surface area contributed by atoms with E-state index in [4.69, 9.17) is 4.84 Å². The Kier molecular flexibility index (Phi) is 4.72. The number of Topliss-reactive ketones (excluding diaryl/α,β-unsaturated/α-hetero) is 2. The highest BCUT2D eigenvalue weighted by Gasteiger charge is 2.69. The van der Waals surface area contributed by atoms with E-state index in [0.29, 0.717) is 0 Å². The Morgan fingerprint density at radius 1 is 1.39 bits per heavy atom. The summed E-state index contributed by atoms with van der Waals surface area (Å²) in [5.41, 5.74) is 1.20. The number of fused-ring (bicyclic) bond motifs is 5. The molecule has 4 rings (SSSR count). The van der Waals surface area contributed by atoms with Crippen molar-refractivity contribution in [1.29, 1.82) is 0 Å². The molecule has 28 heavy (non-hydrogen) atoms. The first-order valence-electron chi connectivity index (χ1n) is 10.2. The molecule has 152 valence electrons. The second-order valence-corrected chi connectivity index (χ2v) is 9.22. The van der Waals surface area contributed by atoms with E-state index in [-0.39, 0.29) is 60.0 Å². The lowest BCUT2D eigenvalue weighted by molar-refractivity contribution is -0.174. The maximum atomic E-state index is 13.3. The fraction of sp³-hybridized carbons (Fsp3) is 0.682. The summed E-state index contributed by atoms with van der Waals surface area (Å²) >= 11 is 0. The summed E-state index contributed by atoms with van der Waals surface area (Å²) < 4.78 is 0. The number of aliphatic hydroxyl groups is 1. The number of hydrogen-bond donors (Lipinski definition) is 2. The zero-order chi connectivity index (χ0) is 20.3. The van der Waals surface area contributed by atoms with Gasteiger partial charge in [0.15, 0.2) is 11.6 Å². The van der Waals surface area contributed by atoms with Crippen molar-refractivity contribution in [2.45, 2.75) is 45.1 Å². The molecule has 0 heterocycles. The summed E-state index contributed by atoms with van der Waals surface area (Å²) in [6.45, 7) is 3.61. The number of allylic oxidation sites excluding steroid dienone is 4. The highest BCUT2D eigenvalue weighted by atomic mass is 16.6. The van der Waals surface area contributed by atoms with E-state index in [0.717, 1.165) is 24.8 Å². The molecule has 6 nitrogen and oxygen atoms in total. The smallest absolute Gasteiger partial charge is 0.192 e. The van der Waals surface area contributed by atoms with Gasteiger partial charge >= 0.3 is 0 Å². The highest BCUT2D eigenvalue weighted by Crippen LogP contribution is 2.65. The average molecular weight is 387 g/mol. The molecule has 0 aromatic heterocycles. The van der Waals surface area contributed by atoms with Crippen LogP contribution in [0, 0.1) is 35.0 Å². The van der Waals surface area contributed by atoms with Crippen LogP contribution in [0.5, 0.6) is 0 Å². The van der Waals surface area contributed by atoms with Gasteiger partial charge in [-0.2, -0.15) is 0 Å². The highest BCUT2D eigenvalue weighted by molar-refractivity contribution is 6.01. The normalized spacial score (nSPS) is 44.6. The Morgan fingerprint density at radius 3 is 2.86 bits per heavy atom. The molecule has 0 radical (unpaired) electrons. The number of hydrogen-bond acceptors (Lipinski definition) is 6. The van der Waals surface area contributed by atoms with Gasteiger partial charge in [0.05, 0.1) is 0 Å².